The van der Waals surface area contributed by atoms with Crippen LogP contribution in [0, 0.1) is 5.41 Å². The van der Waals surface area contributed by atoms with Crippen molar-refractivity contribution in [2.45, 2.75) is 39.3 Å². The van der Waals surface area contributed by atoms with Crippen LogP contribution < -0.4 is 10.6 Å². The van der Waals surface area contributed by atoms with Crippen molar-refractivity contribution in [2.75, 3.05) is 0 Å². The maximum atomic E-state index is 13.4. The van der Waals surface area contributed by atoms with Crippen molar-refractivity contribution in [3.05, 3.63) is 69.9 Å². The van der Waals surface area contributed by atoms with E-state index in [1.807, 2.05) is 51.1 Å². The lowest BCUT2D eigenvalue weighted by molar-refractivity contribution is 0.0901. The maximum Gasteiger partial charge on any atom is 0.404 e. The van der Waals surface area contributed by atoms with Crippen molar-refractivity contribution in [2.24, 2.45) is 5.41 Å². The summed E-state index contributed by atoms with van der Waals surface area (Å²) in [5.41, 5.74) is 1.92. The molecule has 0 saturated carbocycles. The standard InChI is InChI=1S/C23H25BrN2O4S/c1-23(2,3)20(26-22(28)29)17(11-14-7-5-4-6-8-14)25-21(27)16-12-18(24)31-19(16)15-9-10-30-13-15/h4-10,12-13,17,20,26H,11H2,1-3H3,(H,25,27)(H,28,29). The Morgan fingerprint density at radius 2 is 1.87 bits per heavy atom. The molecule has 0 bridgehead atoms. The van der Waals surface area contributed by atoms with Gasteiger partial charge in [-0.1, -0.05) is 51.1 Å². The van der Waals surface area contributed by atoms with Crippen molar-refractivity contribution < 1.29 is 19.1 Å². The minimum atomic E-state index is -1.12. The van der Waals surface area contributed by atoms with Gasteiger partial charge in [0.25, 0.3) is 5.91 Å². The molecule has 0 aliphatic heterocycles. The van der Waals surface area contributed by atoms with E-state index in [1.165, 1.54) is 11.3 Å². The van der Waals surface area contributed by atoms with Crippen LogP contribution in [0.1, 0.15) is 36.7 Å². The number of hydrogen-bond acceptors (Lipinski definition) is 4. The Labute approximate surface area is 193 Å². The average molecular weight is 505 g/mol. The van der Waals surface area contributed by atoms with Crippen LogP contribution in [0.25, 0.3) is 10.4 Å². The molecular formula is C23H25BrN2O4S. The molecule has 8 heteroatoms. The number of thiophene rings is 1. The number of amides is 2. The number of nitrogens with one attached hydrogen (secondary N) is 2. The van der Waals surface area contributed by atoms with Crippen LogP contribution in [-0.2, 0) is 6.42 Å². The first-order valence-electron chi connectivity index (χ1n) is 9.81. The highest BCUT2D eigenvalue weighted by molar-refractivity contribution is 9.11. The normalized spacial score (nSPS) is 13.4. The zero-order valence-electron chi connectivity index (χ0n) is 17.5. The molecule has 0 aliphatic rings. The molecule has 164 valence electrons. The van der Waals surface area contributed by atoms with Gasteiger partial charge in [-0.15, -0.1) is 11.3 Å². The minimum Gasteiger partial charge on any atom is -0.472 e. The molecule has 3 aromatic rings. The van der Waals surface area contributed by atoms with Gasteiger partial charge < -0.3 is 20.2 Å². The molecular weight excluding hydrogens is 480 g/mol. The van der Waals surface area contributed by atoms with Crippen molar-refractivity contribution in [3.8, 4) is 10.4 Å². The van der Waals surface area contributed by atoms with E-state index in [-0.39, 0.29) is 5.91 Å². The van der Waals surface area contributed by atoms with Crippen LogP contribution in [0.15, 0.2) is 63.2 Å². The summed E-state index contributed by atoms with van der Waals surface area (Å²) in [4.78, 5) is 25.7. The lowest BCUT2D eigenvalue weighted by Crippen LogP contribution is -2.58. The maximum absolute atomic E-state index is 13.4. The number of rotatable bonds is 7. The molecule has 2 aromatic heterocycles. The van der Waals surface area contributed by atoms with Crippen LogP contribution in [0.4, 0.5) is 4.79 Å². The van der Waals surface area contributed by atoms with E-state index in [4.69, 9.17) is 4.42 Å². The number of carbonyl (C=O) groups excluding carboxylic acids is 1. The fourth-order valence-corrected chi connectivity index (χ4v) is 5.14. The molecule has 2 atom stereocenters. The van der Waals surface area contributed by atoms with Crippen LogP contribution in [0.2, 0.25) is 0 Å². The van der Waals surface area contributed by atoms with Gasteiger partial charge in [-0.25, -0.2) is 4.79 Å². The van der Waals surface area contributed by atoms with Crippen molar-refractivity contribution >= 4 is 39.3 Å². The summed E-state index contributed by atoms with van der Waals surface area (Å²) >= 11 is 4.91. The Morgan fingerprint density at radius 1 is 1.16 bits per heavy atom. The predicted molar refractivity (Wildman–Crippen MR) is 126 cm³/mol. The van der Waals surface area contributed by atoms with Crippen LogP contribution in [-0.4, -0.2) is 29.2 Å². The lowest BCUT2D eigenvalue weighted by Gasteiger charge is -2.37. The largest absolute Gasteiger partial charge is 0.472 e. The molecule has 2 unspecified atom stereocenters. The number of hydrogen-bond donors (Lipinski definition) is 3. The summed E-state index contributed by atoms with van der Waals surface area (Å²) < 4.78 is 6.01. The smallest absolute Gasteiger partial charge is 0.404 e. The SMILES string of the molecule is CC(C)(C)C(NC(=O)O)C(Cc1ccccc1)NC(=O)c1cc(Br)sc1-c1ccoc1. The monoisotopic (exact) mass is 504 g/mol. The molecule has 1 aromatic carbocycles. The fourth-order valence-electron chi connectivity index (χ4n) is 3.56. The van der Waals surface area contributed by atoms with Gasteiger partial charge in [0.15, 0.2) is 0 Å². The molecule has 0 fully saturated rings. The van der Waals surface area contributed by atoms with E-state index in [0.29, 0.717) is 12.0 Å². The van der Waals surface area contributed by atoms with Crippen molar-refractivity contribution in [1.29, 1.82) is 0 Å². The molecule has 0 spiro atoms. The van der Waals surface area contributed by atoms with E-state index in [0.717, 1.165) is 19.8 Å². The predicted octanol–water partition coefficient (Wildman–Crippen LogP) is 5.79. The molecule has 0 saturated heterocycles. The van der Waals surface area contributed by atoms with Gasteiger partial charge in [-0.3, -0.25) is 4.79 Å². The summed E-state index contributed by atoms with van der Waals surface area (Å²) in [5.74, 6) is -0.263. The molecule has 0 aliphatic carbocycles. The van der Waals surface area contributed by atoms with E-state index in [1.54, 1.807) is 24.7 Å². The van der Waals surface area contributed by atoms with Gasteiger partial charge in [0.1, 0.15) is 0 Å². The van der Waals surface area contributed by atoms with Gasteiger partial charge >= 0.3 is 6.09 Å². The fraction of sp³-hybridized carbons (Fsp3) is 0.304. The number of halogens is 1. The number of carboxylic acid groups (broad SMARTS) is 1. The van der Waals surface area contributed by atoms with Gasteiger partial charge in [0.2, 0.25) is 0 Å². The third-order valence-corrected chi connectivity index (χ3v) is 6.65. The second-order valence-corrected chi connectivity index (χ2v) is 10.8. The highest BCUT2D eigenvalue weighted by Gasteiger charge is 2.35. The topological polar surface area (TPSA) is 91.6 Å². The first-order valence-corrected chi connectivity index (χ1v) is 11.4. The summed E-state index contributed by atoms with van der Waals surface area (Å²) in [5, 5.41) is 15.2. The average Bonchev–Trinajstić information content (AvgIpc) is 3.35. The van der Waals surface area contributed by atoms with E-state index < -0.39 is 23.6 Å². The second-order valence-electron chi connectivity index (χ2n) is 8.37. The molecule has 2 heterocycles. The Hall–Kier alpha value is -2.58. The van der Waals surface area contributed by atoms with Crippen LogP contribution in [0.3, 0.4) is 0 Å². The van der Waals surface area contributed by atoms with Gasteiger partial charge in [0.05, 0.1) is 38.8 Å². The molecule has 6 nitrogen and oxygen atoms in total. The zero-order chi connectivity index (χ0) is 22.6. The highest BCUT2D eigenvalue weighted by atomic mass is 79.9. The Kier molecular flexibility index (Phi) is 7.23. The van der Waals surface area contributed by atoms with Gasteiger partial charge in [-0.2, -0.15) is 0 Å². The molecule has 2 amide bonds. The third-order valence-electron chi connectivity index (χ3n) is 4.96. The summed E-state index contributed by atoms with van der Waals surface area (Å²) in [6.45, 7) is 5.86. The summed E-state index contributed by atoms with van der Waals surface area (Å²) in [7, 11) is 0. The first-order chi connectivity index (χ1) is 14.6. The van der Waals surface area contributed by atoms with Gasteiger partial charge in [-0.05, 0) is 45.5 Å². The summed E-state index contributed by atoms with van der Waals surface area (Å²) in [6, 6.07) is 12.3. The molecule has 0 radical (unpaired) electrons. The van der Waals surface area contributed by atoms with Crippen molar-refractivity contribution in [1.82, 2.24) is 10.6 Å². The highest BCUT2D eigenvalue weighted by Crippen LogP contribution is 2.36. The quantitative estimate of drug-likeness (QED) is 0.379. The zero-order valence-corrected chi connectivity index (χ0v) is 19.9. The summed E-state index contributed by atoms with van der Waals surface area (Å²) in [6.07, 6.45) is 2.53. The minimum absolute atomic E-state index is 0.263. The molecule has 31 heavy (non-hydrogen) atoms. The molecule has 3 rings (SSSR count). The van der Waals surface area contributed by atoms with Crippen LogP contribution >= 0.6 is 27.3 Å². The van der Waals surface area contributed by atoms with Gasteiger partial charge in [0, 0.05) is 5.56 Å². The first kappa shape index (κ1) is 23.1. The molecule has 3 N–H and O–H groups in total. The Morgan fingerprint density at radius 3 is 2.45 bits per heavy atom. The number of benzene rings is 1. The third kappa shape index (κ3) is 5.98. The number of furan rings is 1. The Bertz CT molecular complexity index is 1030. The lowest BCUT2D eigenvalue weighted by atomic mass is 9.80. The van der Waals surface area contributed by atoms with Crippen LogP contribution in [0.5, 0.6) is 0 Å². The van der Waals surface area contributed by atoms with E-state index in [2.05, 4.69) is 26.6 Å². The Balaban J connectivity index is 1.94. The van der Waals surface area contributed by atoms with E-state index >= 15 is 0 Å². The van der Waals surface area contributed by atoms with Crippen molar-refractivity contribution in [3.63, 3.8) is 0 Å². The second kappa shape index (κ2) is 9.70. The van der Waals surface area contributed by atoms with E-state index in [9.17, 15) is 14.7 Å². The number of carbonyl (C=O) groups is 2.